The molecule has 0 bridgehead atoms. The lowest BCUT2D eigenvalue weighted by Crippen LogP contribution is -2.19. The highest BCUT2D eigenvalue weighted by Gasteiger charge is 2.26. The van der Waals surface area contributed by atoms with Gasteiger partial charge in [0.15, 0.2) is 6.10 Å². The molecular weight excluding hydrogens is 322 g/mol. The second-order valence-corrected chi connectivity index (χ2v) is 5.96. The largest absolute Gasteiger partial charge is 0.452 e. The number of hydrogen-bond acceptors (Lipinski definition) is 3. The molecule has 0 fully saturated rings. The van der Waals surface area contributed by atoms with Crippen LogP contribution < -0.4 is 0 Å². The second kappa shape index (κ2) is 8.64. The minimum Gasteiger partial charge on any atom is -0.452 e. The van der Waals surface area contributed by atoms with Gasteiger partial charge in [0.05, 0.1) is 18.4 Å². The summed E-state index contributed by atoms with van der Waals surface area (Å²) in [6, 6.07) is 30.7. The van der Waals surface area contributed by atoms with Gasteiger partial charge in [0.25, 0.3) is 0 Å². The van der Waals surface area contributed by atoms with E-state index >= 15 is 0 Å². The summed E-state index contributed by atoms with van der Waals surface area (Å²) in [5, 5.41) is 9.16. The van der Waals surface area contributed by atoms with Crippen LogP contribution in [-0.2, 0) is 9.53 Å². The molecule has 3 rings (SSSR count). The summed E-state index contributed by atoms with van der Waals surface area (Å²) in [7, 11) is 0. The molecule has 26 heavy (non-hydrogen) atoms. The Morgan fingerprint density at radius 2 is 1.19 bits per heavy atom. The number of carbonyl (C=O) groups is 1. The average molecular weight is 341 g/mol. The Balaban J connectivity index is 1.91. The van der Waals surface area contributed by atoms with E-state index in [1.54, 1.807) is 0 Å². The zero-order chi connectivity index (χ0) is 18.2. The average Bonchev–Trinajstić information content (AvgIpc) is 2.72. The summed E-state index contributed by atoms with van der Waals surface area (Å²) in [5.74, 6) is -0.994. The highest BCUT2D eigenvalue weighted by Crippen LogP contribution is 2.30. The molecule has 0 spiro atoms. The Hall–Kier alpha value is -3.38. The first-order valence-electron chi connectivity index (χ1n) is 8.52. The van der Waals surface area contributed by atoms with Gasteiger partial charge in [-0.3, -0.25) is 4.79 Å². The van der Waals surface area contributed by atoms with Gasteiger partial charge in [-0.15, -0.1) is 0 Å². The van der Waals surface area contributed by atoms with Crippen LogP contribution in [0.4, 0.5) is 0 Å². The fourth-order valence-corrected chi connectivity index (χ4v) is 2.90. The van der Waals surface area contributed by atoms with Gasteiger partial charge in [-0.05, 0) is 16.7 Å². The smallest absolute Gasteiger partial charge is 0.315 e. The van der Waals surface area contributed by atoms with E-state index in [9.17, 15) is 4.79 Å². The molecule has 0 aromatic heterocycles. The predicted molar refractivity (Wildman–Crippen MR) is 100 cm³/mol. The summed E-state index contributed by atoms with van der Waals surface area (Å²) in [5.41, 5.74) is 2.59. The van der Waals surface area contributed by atoms with Crippen LogP contribution >= 0.6 is 0 Å². The molecule has 0 N–H and O–H groups in total. The number of nitrogens with zero attached hydrogens (tertiary/aromatic N) is 1. The van der Waals surface area contributed by atoms with Crippen molar-refractivity contribution in [3.05, 3.63) is 108 Å². The van der Waals surface area contributed by atoms with Gasteiger partial charge in [-0.25, -0.2) is 0 Å². The van der Waals surface area contributed by atoms with Gasteiger partial charge in [0.2, 0.25) is 0 Å². The lowest BCUT2D eigenvalue weighted by molar-refractivity contribution is -0.149. The van der Waals surface area contributed by atoms with Crippen molar-refractivity contribution in [3.8, 4) is 6.07 Å². The van der Waals surface area contributed by atoms with Crippen LogP contribution in [0.25, 0.3) is 0 Å². The number of nitriles is 1. The second-order valence-electron chi connectivity index (χ2n) is 5.96. The molecule has 3 heteroatoms. The van der Waals surface area contributed by atoms with E-state index in [-0.39, 0.29) is 6.42 Å². The number of esters is 1. The van der Waals surface area contributed by atoms with Gasteiger partial charge in [-0.1, -0.05) is 91.0 Å². The van der Waals surface area contributed by atoms with E-state index in [1.807, 2.05) is 91.0 Å². The molecule has 3 aromatic carbocycles. The zero-order valence-corrected chi connectivity index (χ0v) is 14.3. The maximum absolute atomic E-state index is 12.9. The molecule has 0 radical (unpaired) electrons. The highest BCUT2D eigenvalue weighted by molar-refractivity contribution is 5.79. The molecule has 0 unspecified atom stereocenters. The Morgan fingerprint density at radius 3 is 1.62 bits per heavy atom. The summed E-state index contributed by atoms with van der Waals surface area (Å²) in [6.45, 7) is 0. The standard InChI is InChI=1S/C23H19NO2/c24-17-16-21(18-10-4-1-5-11-18)23(25)26-22(19-12-6-2-7-13-19)20-14-8-3-9-15-20/h1-15,21-22H,16H2/t21-/m1/s1. The van der Waals surface area contributed by atoms with Crippen molar-refractivity contribution >= 4 is 5.97 Å². The first-order chi connectivity index (χ1) is 12.8. The van der Waals surface area contributed by atoms with E-state index in [2.05, 4.69) is 6.07 Å². The van der Waals surface area contributed by atoms with Crippen molar-refractivity contribution in [1.82, 2.24) is 0 Å². The summed E-state index contributed by atoms with van der Waals surface area (Å²) in [6.07, 6.45) is -0.422. The van der Waals surface area contributed by atoms with Crippen LogP contribution in [0, 0.1) is 11.3 Å². The first-order valence-corrected chi connectivity index (χ1v) is 8.52. The number of benzene rings is 3. The van der Waals surface area contributed by atoms with Crippen LogP contribution in [0.15, 0.2) is 91.0 Å². The summed E-state index contributed by atoms with van der Waals surface area (Å²) < 4.78 is 5.90. The van der Waals surface area contributed by atoms with Crippen molar-refractivity contribution in [3.63, 3.8) is 0 Å². The van der Waals surface area contributed by atoms with Crippen LogP contribution in [-0.4, -0.2) is 5.97 Å². The highest BCUT2D eigenvalue weighted by atomic mass is 16.5. The third kappa shape index (κ3) is 4.17. The van der Waals surface area contributed by atoms with Crippen molar-refractivity contribution in [2.45, 2.75) is 18.4 Å². The normalized spacial score (nSPS) is 11.5. The van der Waals surface area contributed by atoms with E-state index in [1.165, 1.54) is 0 Å². The van der Waals surface area contributed by atoms with Crippen molar-refractivity contribution in [2.24, 2.45) is 0 Å². The fraction of sp³-hybridized carbons (Fsp3) is 0.130. The molecule has 0 aliphatic carbocycles. The minimum absolute atomic E-state index is 0.0825. The number of rotatable bonds is 6. The first kappa shape index (κ1) is 17.4. The monoisotopic (exact) mass is 341 g/mol. The molecular formula is C23H19NO2. The molecule has 0 aliphatic rings. The van der Waals surface area contributed by atoms with E-state index < -0.39 is 18.0 Å². The van der Waals surface area contributed by atoms with Gasteiger partial charge in [0, 0.05) is 0 Å². The molecule has 3 nitrogen and oxygen atoms in total. The van der Waals surface area contributed by atoms with Crippen LogP contribution in [0.2, 0.25) is 0 Å². The van der Waals surface area contributed by atoms with Crippen molar-refractivity contribution in [2.75, 3.05) is 0 Å². The molecule has 1 atom stereocenters. The van der Waals surface area contributed by atoms with E-state index in [0.29, 0.717) is 0 Å². The predicted octanol–water partition coefficient (Wildman–Crippen LogP) is 5.02. The molecule has 0 saturated heterocycles. The van der Waals surface area contributed by atoms with Crippen LogP contribution in [0.1, 0.15) is 35.1 Å². The SMILES string of the molecule is N#CC[C@@H](C(=O)OC(c1ccccc1)c1ccccc1)c1ccccc1. The lowest BCUT2D eigenvalue weighted by atomic mass is 9.96. The summed E-state index contributed by atoms with van der Waals surface area (Å²) >= 11 is 0. The summed E-state index contributed by atoms with van der Waals surface area (Å²) in [4.78, 5) is 12.9. The van der Waals surface area contributed by atoms with Gasteiger partial charge >= 0.3 is 5.97 Å². The Labute approximate surface area is 153 Å². The lowest BCUT2D eigenvalue weighted by Gasteiger charge is -2.22. The van der Waals surface area contributed by atoms with Gasteiger partial charge in [0.1, 0.15) is 0 Å². The third-order valence-corrected chi connectivity index (χ3v) is 4.22. The van der Waals surface area contributed by atoms with Crippen LogP contribution in [0.5, 0.6) is 0 Å². The maximum Gasteiger partial charge on any atom is 0.315 e. The Morgan fingerprint density at radius 1 is 0.769 bits per heavy atom. The molecule has 0 heterocycles. The quantitative estimate of drug-likeness (QED) is 0.592. The number of ether oxygens (including phenoxy) is 1. The maximum atomic E-state index is 12.9. The van der Waals surface area contributed by atoms with E-state index in [4.69, 9.17) is 10.00 Å². The number of hydrogen-bond donors (Lipinski definition) is 0. The minimum atomic E-state index is -0.601. The Kier molecular flexibility index (Phi) is 5.80. The van der Waals surface area contributed by atoms with Gasteiger partial charge in [-0.2, -0.15) is 5.26 Å². The fourth-order valence-electron chi connectivity index (χ4n) is 2.90. The molecule has 128 valence electrons. The number of carbonyl (C=O) groups excluding carboxylic acids is 1. The third-order valence-electron chi connectivity index (χ3n) is 4.22. The Bertz CT molecular complexity index is 831. The van der Waals surface area contributed by atoms with Crippen molar-refractivity contribution in [1.29, 1.82) is 5.26 Å². The topological polar surface area (TPSA) is 50.1 Å². The zero-order valence-electron chi connectivity index (χ0n) is 14.3. The molecule has 0 saturated carbocycles. The molecule has 3 aromatic rings. The van der Waals surface area contributed by atoms with Crippen molar-refractivity contribution < 1.29 is 9.53 Å². The van der Waals surface area contributed by atoms with Crippen LogP contribution in [0.3, 0.4) is 0 Å². The van der Waals surface area contributed by atoms with E-state index in [0.717, 1.165) is 16.7 Å². The van der Waals surface area contributed by atoms with Gasteiger partial charge < -0.3 is 4.74 Å². The molecule has 0 amide bonds. The molecule has 0 aliphatic heterocycles.